The van der Waals surface area contributed by atoms with Crippen LogP contribution in [-0.4, -0.2) is 32.7 Å². The lowest BCUT2D eigenvalue weighted by molar-refractivity contribution is -0.122. The molecule has 1 aromatic rings. The summed E-state index contributed by atoms with van der Waals surface area (Å²) in [7, 11) is -3.57. The van der Waals surface area contributed by atoms with Gasteiger partial charge in [-0.2, -0.15) is 0 Å². The summed E-state index contributed by atoms with van der Waals surface area (Å²) >= 11 is 0. The van der Waals surface area contributed by atoms with E-state index in [1.165, 1.54) is 4.31 Å². The van der Waals surface area contributed by atoms with Gasteiger partial charge in [0.2, 0.25) is 15.9 Å². The summed E-state index contributed by atoms with van der Waals surface area (Å²) in [6, 6.07) is 4.79. The van der Waals surface area contributed by atoms with Gasteiger partial charge in [0, 0.05) is 6.04 Å². The van der Waals surface area contributed by atoms with E-state index in [-0.39, 0.29) is 11.9 Å². The van der Waals surface area contributed by atoms with Gasteiger partial charge in [0.25, 0.3) is 0 Å². The predicted molar refractivity (Wildman–Crippen MR) is 90.6 cm³/mol. The molecular weight excluding hydrogens is 300 g/mol. The monoisotopic (exact) mass is 326 g/mol. The van der Waals surface area contributed by atoms with Gasteiger partial charge in [-0.15, -0.1) is 0 Å². The molecule has 124 valence electrons. The van der Waals surface area contributed by atoms with Crippen molar-refractivity contribution in [3.8, 4) is 0 Å². The summed E-state index contributed by atoms with van der Waals surface area (Å²) in [6.45, 7) is 9.21. The Morgan fingerprint density at radius 2 is 1.86 bits per heavy atom. The molecule has 0 fully saturated rings. The Morgan fingerprint density at radius 3 is 2.36 bits per heavy atom. The largest absolute Gasteiger partial charge is 0.352 e. The lowest BCUT2D eigenvalue weighted by Gasteiger charge is -2.30. The van der Waals surface area contributed by atoms with Crippen LogP contribution in [0.4, 0.5) is 5.69 Å². The maximum atomic E-state index is 12.4. The molecule has 1 amide bonds. The van der Waals surface area contributed by atoms with Gasteiger partial charge < -0.3 is 5.32 Å². The lowest BCUT2D eigenvalue weighted by atomic mass is 10.1. The second-order valence-electron chi connectivity index (χ2n) is 5.84. The first-order valence-corrected chi connectivity index (χ1v) is 9.29. The Morgan fingerprint density at radius 1 is 1.27 bits per heavy atom. The molecular formula is C16H26N2O3S. The number of hydrogen-bond donors (Lipinski definition) is 1. The highest BCUT2D eigenvalue weighted by Crippen LogP contribution is 2.26. The molecule has 0 heterocycles. The SMILES string of the molecule is CC[C@H](C)NC(=O)[C@H](C)N(c1cc(C)ccc1C)S(C)(=O)=O. The first kappa shape index (κ1) is 18.5. The van der Waals surface area contributed by atoms with Gasteiger partial charge in [0.1, 0.15) is 6.04 Å². The first-order chi connectivity index (χ1) is 10.1. The molecule has 0 spiro atoms. The molecule has 0 saturated carbocycles. The van der Waals surface area contributed by atoms with Crippen molar-refractivity contribution in [1.82, 2.24) is 5.32 Å². The smallest absolute Gasteiger partial charge is 0.243 e. The van der Waals surface area contributed by atoms with Gasteiger partial charge in [-0.05, 0) is 51.3 Å². The van der Waals surface area contributed by atoms with Crippen LogP contribution in [0.25, 0.3) is 0 Å². The quantitative estimate of drug-likeness (QED) is 0.873. The minimum atomic E-state index is -3.57. The van der Waals surface area contributed by atoms with Crippen molar-refractivity contribution in [2.24, 2.45) is 0 Å². The zero-order chi connectivity index (χ0) is 17.1. The Bertz CT molecular complexity index is 641. The average molecular weight is 326 g/mol. The van der Waals surface area contributed by atoms with Crippen LogP contribution >= 0.6 is 0 Å². The van der Waals surface area contributed by atoms with Crippen molar-refractivity contribution < 1.29 is 13.2 Å². The average Bonchev–Trinajstić information content (AvgIpc) is 2.41. The number of benzene rings is 1. The summed E-state index contributed by atoms with van der Waals surface area (Å²) in [5, 5.41) is 2.84. The van der Waals surface area contributed by atoms with Crippen LogP contribution in [-0.2, 0) is 14.8 Å². The van der Waals surface area contributed by atoms with Gasteiger partial charge in [0.05, 0.1) is 11.9 Å². The van der Waals surface area contributed by atoms with Gasteiger partial charge in [-0.1, -0.05) is 19.1 Å². The van der Waals surface area contributed by atoms with Crippen LogP contribution < -0.4 is 9.62 Å². The Labute approximate surface area is 133 Å². The topological polar surface area (TPSA) is 66.5 Å². The number of nitrogens with one attached hydrogen (secondary N) is 1. The molecule has 5 nitrogen and oxygen atoms in total. The molecule has 0 unspecified atom stereocenters. The molecule has 0 aromatic heterocycles. The fourth-order valence-corrected chi connectivity index (χ4v) is 3.43. The van der Waals surface area contributed by atoms with Crippen LogP contribution in [0.2, 0.25) is 0 Å². The minimum Gasteiger partial charge on any atom is -0.352 e. The van der Waals surface area contributed by atoms with E-state index in [4.69, 9.17) is 0 Å². The molecule has 0 saturated heterocycles. The van der Waals surface area contributed by atoms with E-state index in [2.05, 4.69) is 5.32 Å². The number of anilines is 1. The number of hydrogen-bond acceptors (Lipinski definition) is 3. The normalized spacial score (nSPS) is 14.3. The second-order valence-corrected chi connectivity index (χ2v) is 7.70. The Balaban J connectivity index is 3.25. The van der Waals surface area contributed by atoms with Crippen molar-refractivity contribution in [2.75, 3.05) is 10.6 Å². The van der Waals surface area contributed by atoms with E-state index in [0.29, 0.717) is 5.69 Å². The first-order valence-electron chi connectivity index (χ1n) is 7.45. The number of sulfonamides is 1. The highest BCUT2D eigenvalue weighted by atomic mass is 32.2. The Kier molecular flexibility index (Phi) is 6.00. The maximum Gasteiger partial charge on any atom is 0.243 e. The summed E-state index contributed by atoms with van der Waals surface area (Å²) in [4.78, 5) is 12.4. The highest BCUT2D eigenvalue weighted by Gasteiger charge is 2.30. The number of rotatable bonds is 6. The van der Waals surface area contributed by atoms with Crippen molar-refractivity contribution >= 4 is 21.6 Å². The third kappa shape index (κ3) is 4.47. The molecule has 2 atom stereocenters. The highest BCUT2D eigenvalue weighted by molar-refractivity contribution is 7.92. The summed E-state index contributed by atoms with van der Waals surface area (Å²) in [5.74, 6) is -0.291. The summed E-state index contributed by atoms with van der Waals surface area (Å²) < 4.78 is 25.7. The van der Waals surface area contributed by atoms with Crippen LogP contribution in [0.1, 0.15) is 38.3 Å². The standard InChI is InChI=1S/C16H26N2O3S/c1-7-13(4)17-16(19)14(5)18(22(6,20)21)15-10-11(2)8-9-12(15)3/h8-10,13-14H,7H2,1-6H3,(H,17,19)/t13-,14-/m0/s1. The van der Waals surface area contributed by atoms with Gasteiger partial charge in [-0.3, -0.25) is 9.10 Å². The van der Waals surface area contributed by atoms with Crippen LogP contribution in [0.3, 0.4) is 0 Å². The van der Waals surface area contributed by atoms with E-state index in [9.17, 15) is 13.2 Å². The number of aryl methyl sites for hydroxylation is 2. The molecule has 0 aliphatic heterocycles. The van der Waals surface area contributed by atoms with Gasteiger partial charge >= 0.3 is 0 Å². The van der Waals surface area contributed by atoms with E-state index in [0.717, 1.165) is 23.8 Å². The summed E-state index contributed by atoms with van der Waals surface area (Å²) in [5.41, 5.74) is 2.32. The van der Waals surface area contributed by atoms with Crippen molar-refractivity contribution in [1.29, 1.82) is 0 Å². The third-order valence-electron chi connectivity index (χ3n) is 3.69. The molecule has 6 heteroatoms. The number of amides is 1. The van der Waals surface area contributed by atoms with Crippen LogP contribution in [0.15, 0.2) is 18.2 Å². The van der Waals surface area contributed by atoms with Gasteiger partial charge in [-0.25, -0.2) is 8.42 Å². The zero-order valence-corrected chi connectivity index (χ0v) is 15.0. The number of carbonyl (C=O) groups is 1. The Hall–Kier alpha value is -1.56. The summed E-state index contributed by atoms with van der Waals surface area (Å²) in [6.07, 6.45) is 1.92. The molecule has 0 radical (unpaired) electrons. The molecule has 0 aliphatic carbocycles. The third-order valence-corrected chi connectivity index (χ3v) is 4.92. The number of nitrogens with zero attached hydrogens (tertiary/aromatic N) is 1. The molecule has 0 bridgehead atoms. The molecule has 1 rings (SSSR count). The fraction of sp³-hybridized carbons (Fsp3) is 0.562. The van der Waals surface area contributed by atoms with Gasteiger partial charge in [0.15, 0.2) is 0 Å². The molecule has 0 aliphatic rings. The van der Waals surface area contributed by atoms with E-state index in [1.807, 2.05) is 39.8 Å². The maximum absolute atomic E-state index is 12.4. The molecule has 1 aromatic carbocycles. The lowest BCUT2D eigenvalue weighted by Crippen LogP contribution is -2.50. The minimum absolute atomic E-state index is 0.00923. The predicted octanol–water partition coefficient (Wildman–Crippen LogP) is 2.37. The van der Waals surface area contributed by atoms with E-state index >= 15 is 0 Å². The van der Waals surface area contributed by atoms with Crippen LogP contribution in [0, 0.1) is 13.8 Å². The van der Waals surface area contributed by atoms with Crippen molar-refractivity contribution in [2.45, 2.75) is 53.1 Å². The molecule has 22 heavy (non-hydrogen) atoms. The second kappa shape index (κ2) is 7.13. The number of carbonyl (C=O) groups excluding carboxylic acids is 1. The molecule has 1 N–H and O–H groups in total. The van der Waals surface area contributed by atoms with E-state index in [1.54, 1.807) is 13.0 Å². The zero-order valence-electron chi connectivity index (χ0n) is 14.2. The fourth-order valence-electron chi connectivity index (χ4n) is 2.20. The van der Waals surface area contributed by atoms with Crippen LogP contribution in [0.5, 0.6) is 0 Å². The van der Waals surface area contributed by atoms with Crippen molar-refractivity contribution in [3.05, 3.63) is 29.3 Å². The van der Waals surface area contributed by atoms with Crippen molar-refractivity contribution in [3.63, 3.8) is 0 Å². The van der Waals surface area contributed by atoms with E-state index < -0.39 is 16.1 Å².